The lowest BCUT2D eigenvalue weighted by Crippen LogP contribution is -2.54. The van der Waals surface area contributed by atoms with E-state index in [-0.39, 0.29) is 11.5 Å². The molecule has 0 spiro atoms. The average molecular weight is 319 g/mol. The van der Waals surface area contributed by atoms with Crippen LogP contribution in [0.15, 0.2) is 0 Å². The fourth-order valence-corrected chi connectivity index (χ4v) is 7.90. The first-order chi connectivity index (χ1) is 10.9. The SMILES string of the molecule is CC(=O)[C@H]1CC[C@H]2[C@@H]3CC[C@@H]4C[C@@H](O)CC[C@]4(C)[C@H]3CC[C@]12C. The summed E-state index contributed by atoms with van der Waals surface area (Å²) in [6.07, 6.45) is 10.9. The van der Waals surface area contributed by atoms with Crippen molar-refractivity contribution in [2.24, 2.45) is 40.4 Å². The van der Waals surface area contributed by atoms with Crippen molar-refractivity contribution in [2.45, 2.75) is 84.7 Å². The van der Waals surface area contributed by atoms with Gasteiger partial charge >= 0.3 is 0 Å². The molecule has 4 fully saturated rings. The van der Waals surface area contributed by atoms with Gasteiger partial charge in [-0.25, -0.2) is 0 Å². The molecule has 4 aliphatic rings. The summed E-state index contributed by atoms with van der Waals surface area (Å²) in [4.78, 5) is 12.2. The van der Waals surface area contributed by atoms with Crippen LogP contribution in [0.5, 0.6) is 0 Å². The molecular weight excluding hydrogens is 284 g/mol. The third-order valence-corrected chi connectivity index (χ3v) is 9.13. The molecule has 130 valence electrons. The molecule has 8 atom stereocenters. The molecule has 0 bridgehead atoms. The first-order valence-corrected chi connectivity index (χ1v) is 10.0. The number of ketones is 1. The van der Waals surface area contributed by atoms with E-state index < -0.39 is 0 Å². The number of hydrogen-bond acceptors (Lipinski definition) is 2. The molecule has 0 aromatic heterocycles. The lowest BCUT2D eigenvalue weighted by molar-refractivity contribution is -0.138. The van der Waals surface area contributed by atoms with Crippen LogP contribution in [-0.2, 0) is 4.79 Å². The van der Waals surface area contributed by atoms with Gasteiger partial charge in [-0.15, -0.1) is 0 Å². The predicted octanol–water partition coefficient (Wildman–Crippen LogP) is 4.60. The average Bonchev–Trinajstić information content (AvgIpc) is 2.85. The Labute approximate surface area is 141 Å². The highest BCUT2D eigenvalue weighted by Gasteiger charge is 2.60. The number of carbonyl (C=O) groups excluding carboxylic acids is 1. The van der Waals surface area contributed by atoms with Crippen LogP contribution in [0.25, 0.3) is 0 Å². The maximum atomic E-state index is 12.2. The largest absolute Gasteiger partial charge is 0.393 e. The van der Waals surface area contributed by atoms with Crippen molar-refractivity contribution in [3.8, 4) is 0 Å². The van der Waals surface area contributed by atoms with Crippen LogP contribution in [0.2, 0.25) is 0 Å². The second kappa shape index (κ2) is 5.31. The topological polar surface area (TPSA) is 37.3 Å². The highest BCUT2D eigenvalue weighted by atomic mass is 16.3. The molecule has 0 unspecified atom stereocenters. The van der Waals surface area contributed by atoms with Crippen molar-refractivity contribution < 1.29 is 9.90 Å². The Kier molecular flexibility index (Phi) is 3.72. The van der Waals surface area contributed by atoms with E-state index in [1.807, 2.05) is 6.92 Å². The normalized spacial score (nSPS) is 55.7. The van der Waals surface area contributed by atoms with Crippen molar-refractivity contribution in [2.75, 3.05) is 0 Å². The van der Waals surface area contributed by atoms with Gasteiger partial charge in [-0.3, -0.25) is 4.79 Å². The first-order valence-electron chi connectivity index (χ1n) is 10.0. The summed E-state index contributed by atoms with van der Waals surface area (Å²) >= 11 is 0. The summed E-state index contributed by atoms with van der Waals surface area (Å²) < 4.78 is 0. The molecule has 0 amide bonds. The molecule has 4 saturated carbocycles. The fourth-order valence-electron chi connectivity index (χ4n) is 7.90. The number of hydrogen-bond donors (Lipinski definition) is 1. The van der Waals surface area contributed by atoms with E-state index >= 15 is 0 Å². The van der Waals surface area contributed by atoms with Gasteiger partial charge in [-0.1, -0.05) is 13.8 Å². The van der Waals surface area contributed by atoms with Gasteiger partial charge in [0.2, 0.25) is 0 Å². The van der Waals surface area contributed by atoms with Crippen molar-refractivity contribution in [3.63, 3.8) is 0 Å². The van der Waals surface area contributed by atoms with Crippen LogP contribution in [0.1, 0.15) is 78.6 Å². The molecule has 1 N–H and O–H groups in total. The van der Waals surface area contributed by atoms with Crippen LogP contribution >= 0.6 is 0 Å². The van der Waals surface area contributed by atoms with Gasteiger partial charge in [0.15, 0.2) is 0 Å². The zero-order valence-corrected chi connectivity index (χ0v) is 15.2. The molecule has 4 rings (SSSR count). The summed E-state index contributed by atoms with van der Waals surface area (Å²) in [5, 5.41) is 10.1. The van der Waals surface area contributed by atoms with Crippen LogP contribution in [0, 0.1) is 40.4 Å². The fraction of sp³-hybridized carbons (Fsp3) is 0.952. The van der Waals surface area contributed by atoms with Gasteiger partial charge in [-0.05, 0) is 99.2 Å². The smallest absolute Gasteiger partial charge is 0.133 e. The summed E-state index contributed by atoms with van der Waals surface area (Å²) in [6.45, 7) is 6.80. The molecule has 0 radical (unpaired) electrons. The number of carbonyl (C=O) groups is 1. The van der Waals surface area contributed by atoms with E-state index in [4.69, 9.17) is 0 Å². The van der Waals surface area contributed by atoms with E-state index in [1.165, 1.54) is 38.5 Å². The molecule has 0 aromatic carbocycles. The third kappa shape index (κ3) is 2.19. The maximum Gasteiger partial charge on any atom is 0.133 e. The van der Waals surface area contributed by atoms with Crippen molar-refractivity contribution >= 4 is 5.78 Å². The van der Waals surface area contributed by atoms with Crippen LogP contribution in [-0.4, -0.2) is 17.0 Å². The molecule has 0 aliphatic heterocycles. The standard InChI is InChI=1S/C21H34O2/c1-13(22)17-6-7-18-16-5-4-14-12-15(23)8-10-20(14,2)19(16)9-11-21(17,18)3/h14-19,23H,4-12H2,1-3H3/t14-,15+,16+,17-,18+,19+,20+,21-/m1/s1. The third-order valence-electron chi connectivity index (χ3n) is 9.13. The van der Waals surface area contributed by atoms with Crippen LogP contribution in [0.3, 0.4) is 0 Å². The molecule has 0 heterocycles. The van der Waals surface area contributed by atoms with Gasteiger partial charge in [-0.2, -0.15) is 0 Å². The highest BCUT2D eigenvalue weighted by Crippen LogP contribution is 2.67. The summed E-state index contributed by atoms with van der Waals surface area (Å²) in [5.74, 6) is 3.97. The first kappa shape index (κ1) is 16.1. The lowest BCUT2D eigenvalue weighted by Gasteiger charge is -2.60. The molecule has 4 aliphatic carbocycles. The van der Waals surface area contributed by atoms with Crippen molar-refractivity contribution in [3.05, 3.63) is 0 Å². The molecular formula is C21H34O2. The Bertz CT molecular complexity index is 500. The summed E-state index contributed by atoms with van der Waals surface area (Å²) in [6, 6.07) is 0. The quantitative estimate of drug-likeness (QED) is 0.767. The number of aliphatic hydroxyl groups is 1. The Balaban J connectivity index is 1.61. The Morgan fingerprint density at radius 1 is 0.913 bits per heavy atom. The minimum absolute atomic E-state index is 0.0490. The van der Waals surface area contributed by atoms with Gasteiger partial charge in [0.05, 0.1) is 6.10 Å². The number of Topliss-reactive ketones (excluding diaryl/α,β-unsaturated/α-hetero) is 1. The zero-order valence-electron chi connectivity index (χ0n) is 15.2. The molecule has 0 saturated heterocycles. The maximum absolute atomic E-state index is 12.2. The van der Waals surface area contributed by atoms with E-state index in [2.05, 4.69) is 13.8 Å². The second-order valence-corrected chi connectivity index (χ2v) is 9.87. The van der Waals surface area contributed by atoms with Gasteiger partial charge in [0.25, 0.3) is 0 Å². The molecule has 2 heteroatoms. The predicted molar refractivity (Wildman–Crippen MR) is 91.9 cm³/mol. The molecule has 2 nitrogen and oxygen atoms in total. The number of fused-ring (bicyclic) bond motifs is 5. The lowest BCUT2D eigenvalue weighted by atomic mass is 9.44. The van der Waals surface area contributed by atoms with Crippen LogP contribution < -0.4 is 0 Å². The van der Waals surface area contributed by atoms with E-state index in [9.17, 15) is 9.90 Å². The van der Waals surface area contributed by atoms with E-state index in [0.29, 0.717) is 17.1 Å². The summed E-state index contributed by atoms with van der Waals surface area (Å²) in [5.41, 5.74) is 0.738. The number of rotatable bonds is 1. The Morgan fingerprint density at radius 2 is 1.61 bits per heavy atom. The zero-order chi connectivity index (χ0) is 16.4. The van der Waals surface area contributed by atoms with Crippen molar-refractivity contribution in [1.82, 2.24) is 0 Å². The number of aliphatic hydroxyl groups excluding tert-OH is 1. The Morgan fingerprint density at radius 3 is 2.35 bits per heavy atom. The molecule has 0 aromatic rings. The monoisotopic (exact) mass is 318 g/mol. The van der Waals surface area contributed by atoms with Gasteiger partial charge in [0.1, 0.15) is 5.78 Å². The van der Waals surface area contributed by atoms with Crippen molar-refractivity contribution in [1.29, 1.82) is 0 Å². The van der Waals surface area contributed by atoms with E-state index in [0.717, 1.165) is 42.9 Å². The van der Waals surface area contributed by atoms with Crippen LogP contribution in [0.4, 0.5) is 0 Å². The highest BCUT2D eigenvalue weighted by molar-refractivity contribution is 5.79. The van der Waals surface area contributed by atoms with Gasteiger partial charge in [0, 0.05) is 5.92 Å². The molecule has 23 heavy (non-hydrogen) atoms. The summed E-state index contributed by atoms with van der Waals surface area (Å²) in [7, 11) is 0. The minimum atomic E-state index is -0.0490. The van der Waals surface area contributed by atoms with Gasteiger partial charge < -0.3 is 5.11 Å². The second-order valence-electron chi connectivity index (χ2n) is 9.87. The Hall–Kier alpha value is -0.370. The van der Waals surface area contributed by atoms with E-state index in [1.54, 1.807) is 0 Å². The minimum Gasteiger partial charge on any atom is -0.393 e.